The van der Waals surface area contributed by atoms with E-state index in [1.807, 2.05) is 17.0 Å². The summed E-state index contributed by atoms with van der Waals surface area (Å²) in [5.41, 5.74) is 1.36. The van der Waals surface area contributed by atoms with E-state index < -0.39 is 5.82 Å². The minimum Gasteiger partial charge on any atom is -0.339 e. The van der Waals surface area contributed by atoms with Crippen LogP contribution in [0.3, 0.4) is 0 Å². The first-order chi connectivity index (χ1) is 19.4. The predicted molar refractivity (Wildman–Crippen MR) is 149 cm³/mol. The topological polar surface area (TPSA) is 86.4 Å². The number of rotatable bonds is 5. The van der Waals surface area contributed by atoms with Crippen LogP contribution in [-0.2, 0) is 11.2 Å². The maximum atomic E-state index is 14.9. The van der Waals surface area contributed by atoms with E-state index in [1.54, 1.807) is 29.2 Å². The number of fused-ring (bicyclic) bond motifs is 1. The summed E-state index contributed by atoms with van der Waals surface area (Å²) < 4.78 is 14.9. The molecule has 4 aliphatic carbocycles. The zero-order valence-electron chi connectivity index (χ0n) is 22.7. The number of halogens is 1. The molecule has 8 heteroatoms. The summed E-state index contributed by atoms with van der Waals surface area (Å²) in [4.78, 5) is 42.4. The lowest BCUT2D eigenvalue weighted by Crippen LogP contribution is -2.53. The summed E-state index contributed by atoms with van der Waals surface area (Å²) in [6, 6.07) is 11.8. The molecule has 8 rings (SSSR count). The molecular formula is C32H35FN4O3. The van der Waals surface area contributed by atoms with Crippen LogP contribution in [0.1, 0.15) is 66.6 Å². The number of aromatic nitrogens is 2. The Balaban J connectivity index is 1.01. The van der Waals surface area contributed by atoms with Gasteiger partial charge >= 0.3 is 0 Å². The Kier molecular flexibility index (Phi) is 6.24. The number of H-pyrrole nitrogens is 1. The van der Waals surface area contributed by atoms with Crippen LogP contribution in [-0.4, -0.2) is 58.0 Å². The Morgan fingerprint density at radius 2 is 1.52 bits per heavy atom. The van der Waals surface area contributed by atoms with Gasteiger partial charge < -0.3 is 9.80 Å². The molecule has 3 aromatic rings. The smallest absolute Gasteiger partial charge is 0.272 e. The third-order valence-corrected chi connectivity index (χ3v) is 10.0. The molecule has 0 unspecified atom stereocenters. The fourth-order valence-electron chi connectivity index (χ4n) is 8.61. The fraction of sp³-hybridized carbons (Fsp3) is 0.500. The molecule has 1 saturated heterocycles. The Morgan fingerprint density at radius 3 is 2.20 bits per heavy atom. The van der Waals surface area contributed by atoms with E-state index in [4.69, 9.17) is 0 Å². The van der Waals surface area contributed by atoms with Crippen LogP contribution in [0.15, 0.2) is 47.3 Å². The van der Waals surface area contributed by atoms with Crippen molar-refractivity contribution in [2.75, 3.05) is 26.2 Å². The monoisotopic (exact) mass is 542 g/mol. The van der Waals surface area contributed by atoms with Gasteiger partial charge in [0.05, 0.1) is 16.6 Å². The van der Waals surface area contributed by atoms with Crippen LogP contribution in [0.2, 0.25) is 0 Å². The molecule has 40 heavy (non-hydrogen) atoms. The second-order valence-electron chi connectivity index (χ2n) is 12.8. The van der Waals surface area contributed by atoms with Gasteiger partial charge in [-0.25, -0.2) is 9.49 Å². The fourth-order valence-corrected chi connectivity index (χ4v) is 8.61. The summed E-state index contributed by atoms with van der Waals surface area (Å²) in [7, 11) is 0. The summed E-state index contributed by atoms with van der Waals surface area (Å²) in [6.45, 7) is 1.79. The van der Waals surface area contributed by atoms with Crippen LogP contribution in [0.4, 0.5) is 4.39 Å². The number of benzene rings is 2. The maximum absolute atomic E-state index is 14.9. The normalized spacial score (nSPS) is 27.4. The molecule has 4 saturated carbocycles. The van der Waals surface area contributed by atoms with Gasteiger partial charge in [-0.15, -0.1) is 0 Å². The van der Waals surface area contributed by atoms with Crippen LogP contribution in [0.5, 0.6) is 0 Å². The van der Waals surface area contributed by atoms with E-state index in [-0.39, 0.29) is 28.4 Å². The molecule has 5 aliphatic rings. The quantitative estimate of drug-likeness (QED) is 0.513. The molecule has 0 spiro atoms. The molecular weight excluding hydrogens is 507 g/mol. The summed E-state index contributed by atoms with van der Waals surface area (Å²) in [6.07, 6.45) is 8.73. The van der Waals surface area contributed by atoms with Gasteiger partial charge in [-0.2, -0.15) is 5.10 Å². The van der Waals surface area contributed by atoms with Crippen molar-refractivity contribution in [3.63, 3.8) is 0 Å². The van der Waals surface area contributed by atoms with Gasteiger partial charge in [-0.1, -0.05) is 24.3 Å². The molecule has 4 bridgehead atoms. The number of aromatic amines is 1. The molecule has 1 aromatic heterocycles. The number of carbonyl (C=O) groups excluding carboxylic acids is 2. The minimum absolute atomic E-state index is 0.0274. The molecule has 2 amide bonds. The standard InChI is InChI=1S/C32H35FN4O3/c33-27-6-5-20(15-28-24-3-1-2-4-25(24)30(39)35-34-28)14-26(27)31(40)37-9-7-36(8-10-37)29(38)19-32-16-21-11-22(17-32)13-23(12-21)18-32/h1-6,14,21-23H,7-13,15-19H2,(H,35,39). The Bertz CT molecular complexity index is 1510. The van der Waals surface area contributed by atoms with Gasteiger partial charge in [-0.05, 0) is 85.5 Å². The van der Waals surface area contributed by atoms with E-state index >= 15 is 0 Å². The van der Waals surface area contributed by atoms with Crippen molar-refractivity contribution in [2.24, 2.45) is 23.2 Å². The van der Waals surface area contributed by atoms with Gasteiger partial charge in [0.1, 0.15) is 5.82 Å². The van der Waals surface area contributed by atoms with Crippen LogP contribution >= 0.6 is 0 Å². The highest BCUT2D eigenvalue weighted by molar-refractivity contribution is 5.95. The van der Waals surface area contributed by atoms with Gasteiger partial charge in [0.15, 0.2) is 0 Å². The van der Waals surface area contributed by atoms with E-state index in [9.17, 15) is 18.8 Å². The molecule has 5 fully saturated rings. The molecule has 208 valence electrons. The van der Waals surface area contributed by atoms with Crippen LogP contribution in [0.25, 0.3) is 10.8 Å². The Hall–Kier alpha value is -3.55. The van der Waals surface area contributed by atoms with E-state index in [1.165, 1.54) is 44.6 Å². The van der Waals surface area contributed by atoms with Gasteiger partial charge in [-0.3, -0.25) is 14.4 Å². The van der Waals surface area contributed by atoms with Crippen LogP contribution < -0.4 is 5.56 Å². The SMILES string of the molecule is O=C(CC12CC3CC(CC(C3)C1)C2)N1CCN(C(=O)c2cc(Cc3n[nH]c(=O)c4ccccc34)ccc2F)CC1. The molecule has 1 aliphatic heterocycles. The number of hydrogen-bond acceptors (Lipinski definition) is 4. The zero-order valence-corrected chi connectivity index (χ0v) is 22.7. The van der Waals surface area contributed by atoms with Crippen molar-refractivity contribution in [2.45, 2.75) is 51.4 Å². The first-order valence-corrected chi connectivity index (χ1v) is 14.7. The second kappa shape index (κ2) is 9.82. The Labute approximate surface area is 232 Å². The highest BCUT2D eigenvalue weighted by Gasteiger charge is 2.51. The summed E-state index contributed by atoms with van der Waals surface area (Å²) >= 11 is 0. The highest BCUT2D eigenvalue weighted by Crippen LogP contribution is 2.61. The summed E-state index contributed by atoms with van der Waals surface area (Å²) in [5, 5.41) is 8.02. The van der Waals surface area contributed by atoms with Crippen molar-refractivity contribution in [3.05, 3.63) is 75.5 Å². The highest BCUT2D eigenvalue weighted by atomic mass is 19.1. The van der Waals surface area contributed by atoms with Crippen molar-refractivity contribution < 1.29 is 14.0 Å². The Morgan fingerprint density at radius 1 is 0.900 bits per heavy atom. The third kappa shape index (κ3) is 4.61. The predicted octanol–water partition coefficient (Wildman–Crippen LogP) is 4.54. The average Bonchev–Trinajstić information content (AvgIpc) is 2.94. The largest absolute Gasteiger partial charge is 0.339 e. The zero-order chi connectivity index (χ0) is 27.4. The lowest BCUT2D eigenvalue weighted by atomic mass is 9.49. The first-order valence-electron chi connectivity index (χ1n) is 14.7. The molecule has 1 N–H and O–H groups in total. The van der Waals surface area contributed by atoms with Gasteiger partial charge in [0, 0.05) is 44.4 Å². The van der Waals surface area contributed by atoms with E-state index in [0.29, 0.717) is 50.1 Å². The lowest BCUT2D eigenvalue weighted by molar-refractivity contribution is -0.141. The molecule has 2 aromatic carbocycles. The van der Waals surface area contributed by atoms with Crippen LogP contribution in [0, 0.1) is 29.0 Å². The number of hydrogen-bond donors (Lipinski definition) is 1. The second-order valence-corrected chi connectivity index (χ2v) is 12.8. The van der Waals surface area contributed by atoms with Gasteiger partial charge in [0.25, 0.3) is 11.5 Å². The third-order valence-electron chi connectivity index (χ3n) is 10.0. The molecule has 0 radical (unpaired) electrons. The lowest BCUT2D eigenvalue weighted by Gasteiger charge is -2.57. The first kappa shape index (κ1) is 25.4. The average molecular weight is 543 g/mol. The van der Waals surface area contributed by atoms with E-state index in [2.05, 4.69) is 10.2 Å². The number of nitrogens with zero attached hydrogens (tertiary/aromatic N) is 3. The molecule has 2 heterocycles. The number of carbonyl (C=O) groups is 2. The number of nitrogens with one attached hydrogen (secondary N) is 1. The van der Waals surface area contributed by atoms with Crippen molar-refractivity contribution in [1.82, 2.24) is 20.0 Å². The maximum Gasteiger partial charge on any atom is 0.272 e. The summed E-state index contributed by atoms with van der Waals surface area (Å²) in [5.74, 6) is 1.76. The van der Waals surface area contributed by atoms with Crippen molar-refractivity contribution in [3.8, 4) is 0 Å². The van der Waals surface area contributed by atoms with Crippen molar-refractivity contribution >= 4 is 22.6 Å². The van der Waals surface area contributed by atoms with Gasteiger partial charge in [0.2, 0.25) is 5.91 Å². The van der Waals surface area contributed by atoms with Crippen molar-refractivity contribution in [1.29, 1.82) is 0 Å². The number of piperazine rings is 1. The number of amides is 2. The molecule has 0 atom stereocenters. The van der Waals surface area contributed by atoms with E-state index in [0.717, 1.165) is 28.7 Å². The minimum atomic E-state index is -0.562. The molecule has 7 nitrogen and oxygen atoms in total.